The van der Waals surface area contributed by atoms with Gasteiger partial charge in [-0.2, -0.15) is 0 Å². The van der Waals surface area contributed by atoms with Gasteiger partial charge in [-0.1, -0.05) is 30.3 Å². The van der Waals surface area contributed by atoms with Gasteiger partial charge in [0, 0.05) is 43.1 Å². The highest BCUT2D eigenvalue weighted by Gasteiger charge is 2.14. The van der Waals surface area contributed by atoms with Crippen LogP contribution in [0.4, 0.5) is 17.2 Å². The van der Waals surface area contributed by atoms with Crippen molar-refractivity contribution in [3.63, 3.8) is 0 Å². The van der Waals surface area contributed by atoms with Gasteiger partial charge < -0.3 is 19.5 Å². The van der Waals surface area contributed by atoms with Crippen LogP contribution in [0.5, 0.6) is 0 Å². The van der Waals surface area contributed by atoms with Crippen molar-refractivity contribution in [2.24, 2.45) is 0 Å². The molecule has 0 aliphatic carbocycles. The van der Waals surface area contributed by atoms with Crippen LogP contribution in [0.1, 0.15) is 0 Å². The molecule has 5 rings (SSSR count). The Bertz CT molecular complexity index is 1100. The summed E-state index contributed by atoms with van der Waals surface area (Å²) >= 11 is 0. The molecular weight excluding hydrogens is 360 g/mol. The predicted molar refractivity (Wildman–Crippen MR) is 119 cm³/mol. The first-order valence-corrected chi connectivity index (χ1v) is 10.0. The number of piperazine rings is 1. The van der Waals surface area contributed by atoms with Crippen molar-refractivity contribution in [1.29, 1.82) is 0 Å². The normalized spacial score (nSPS) is 15.0. The highest BCUT2D eigenvalue weighted by molar-refractivity contribution is 5.91. The van der Waals surface area contributed by atoms with Gasteiger partial charge in [0.15, 0.2) is 5.58 Å². The maximum atomic E-state index is 5.70. The zero-order valence-corrected chi connectivity index (χ0v) is 16.5. The second-order valence-corrected chi connectivity index (χ2v) is 7.52. The largest absolute Gasteiger partial charge is 0.462 e. The van der Waals surface area contributed by atoms with Crippen LogP contribution in [-0.2, 0) is 0 Å². The first-order chi connectivity index (χ1) is 14.3. The fourth-order valence-electron chi connectivity index (χ4n) is 3.77. The lowest BCUT2D eigenvalue weighted by molar-refractivity contribution is 0.313. The first kappa shape index (κ1) is 17.8. The number of nitrogens with one attached hydrogen (secondary N) is 1. The Morgan fingerprint density at radius 3 is 2.38 bits per heavy atom. The lowest BCUT2D eigenvalue weighted by Gasteiger charge is -2.34. The van der Waals surface area contributed by atoms with E-state index in [9.17, 15) is 0 Å². The van der Waals surface area contributed by atoms with E-state index in [4.69, 9.17) is 9.40 Å². The standard InChI is InChI=1S/C24H24N4O/c1-27-13-15-28(16-14-27)20-9-7-19(8-10-20)25-23-12-11-22-24(26-23)21(17-29-22)18-5-3-2-4-6-18/h2-12,17H,13-16H2,1H3,(H,25,26). The van der Waals surface area contributed by atoms with Crippen LogP contribution in [0.15, 0.2) is 77.4 Å². The Balaban J connectivity index is 1.36. The van der Waals surface area contributed by atoms with Crippen LogP contribution >= 0.6 is 0 Å². The zero-order chi connectivity index (χ0) is 19.6. The minimum Gasteiger partial charge on any atom is -0.462 e. The lowest BCUT2D eigenvalue weighted by Crippen LogP contribution is -2.44. The number of rotatable bonds is 4. The third-order valence-electron chi connectivity index (χ3n) is 5.51. The van der Waals surface area contributed by atoms with Crippen molar-refractivity contribution in [2.45, 2.75) is 0 Å². The van der Waals surface area contributed by atoms with E-state index in [1.807, 2.05) is 30.3 Å². The van der Waals surface area contributed by atoms with E-state index in [0.717, 1.165) is 59.9 Å². The molecule has 1 N–H and O–H groups in total. The summed E-state index contributed by atoms with van der Waals surface area (Å²) in [5.74, 6) is 0.809. The number of benzene rings is 2. The van der Waals surface area contributed by atoms with Gasteiger partial charge in [0.25, 0.3) is 0 Å². The number of fused-ring (bicyclic) bond motifs is 1. The molecule has 1 aliphatic rings. The lowest BCUT2D eigenvalue weighted by atomic mass is 10.1. The van der Waals surface area contributed by atoms with Crippen LogP contribution in [0.2, 0.25) is 0 Å². The summed E-state index contributed by atoms with van der Waals surface area (Å²) in [6.45, 7) is 4.37. The maximum absolute atomic E-state index is 5.70. The smallest absolute Gasteiger partial charge is 0.153 e. The van der Waals surface area contributed by atoms with Gasteiger partial charge in [-0.15, -0.1) is 0 Å². The van der Waals surface area contributed by atoms with Crippen LogP contribution < -0.4 is 10.2 Å². The molecule has 29 heavy (non-hydrogen) atoms. The number of anilines is 3. The summed E-state index contributed by atoms with van der Waals surface area (Å²) < 4.78 is 5.70. The molecule has 5 heteroatoms. The van der Waals surface area contributed by atoms with Gasteiger partial charge in [-0.3, -0.25) is 0 Å². The van der Waals surface area contributed by atoms with Crippen LogP contribution in [0.25, 0.3) is 22.2 Å². The summed E-state index contributed by atoms with van der Waals surface area (Å²) in [4.78, 5) is 9.61. The molecule has 2 aromatic heterocycles. The fourth-order valence-corrected chi connectivity index (χ4v) is 3.77. The molecule has 2 aromatic carbocycles. The molecule has 0 spiro atoms. The Hall–Kier alpha value is -3.31. The average molecular weight is 384 g/mol. The van der Waals surface area contributed by atoms with Crippen molar-refractivity contribution < 1.29 is 4.42 Å². The van der Waals surface area contributed by atoms with Crippen LogP contribution in [-0.4, -0.2) is 43.1 Å². The first-order valence-electron chi connectivity index (χ1n) is 10.0. The molecule has 1 saturated heterocycles. The number of hydrogen-bond acceptors (Lipinski definition) is 5. The van der Waals surface area contributed by atoms with Gasteiger partial charge in [-0.25, -0.2) is 4.98 Å². The monoisotopic (exact) mass is 384 g/mol. The highest BCUT2D eigenvalue weighted by Crippen LogP contribution is 2.31. The number of pyridine rings is 1. The predicted octanol–water partition coefficient (Wildman–Crippen LogP) is 4.99. The molecule has 146 valence electrons. The summed E-state index contributed by atoms with van der Waals surface area (Å²) in [6, 6.07) is 22.7. The van der Waals surface area contributed by atoms with Crippen molar-refractivity contribution in [1.82, 2.24) is 9.88 Å². The molecule has 0 bridgehead atoms. The number of nitrogens with zero attached hydrogens (tertiary/aromatic N) is 3. The second-order valence-electron chi connectivity index (χ2n) is 7.52. The number of furan rings is 1. The summed E-state index contributed by atoms with van der Waals surface area (Å²) in [6.07, 6.45) is 1.78. The average Bonchev–Trinajstić information content (AvgIpc) is 3.19. The van der Waals surface area contributed by atoms with Gasteiger partial charge in [0.2, 0.25) is 0 Å². The van der Waals surface area contributed by atoms with Gasteiger partial charge in [0.05, 0.1) is 0 Å². The highest BCUT2D eigenvalue weighted by atomic mass is 16.3. The Kier molecular flexibility index (Phi) is 4.66. The summed E-state index contributed by atoms with van der Waals surface area (Å²) in [5.41, 5.74) is 6.07. The van der Waals surface area contributed by atoms with E-state index in [1.54, 1.807) is 6.26 Å². The molecule has 0 atom stereocenters. The minimum atomic E-state index is 0.791. The van der Waals surface area contributed by atoms with Gasteiger partial charge in [0.1, 0.15) is 17.6 Å². The van der Waals surface area contributed by atoms with Gasteiger partial charge in [-0.05, 0) is 49.0 Å². The summed E-state index contributed by atoms with van der Waals surface area (Å²) in [5, 5.41) is 3.42. The van der Waals surface area contributed by atoms with E-state index in [2.05, 4.69) is 58.6 Å². The Morgan fingerprint density at radius 1 is 0.862 bits per heavy atom. The van der Waals surface area contributed by atoms with E-state index in [0.29, 0.717) is 0 Å². The SMILES string of the molecule is CN1CCN(c2ccc(Nc3ccc4occ(-c5ccccc5)c4n3)cc2)CC1. The zero-order valence-electron chi connectivity index (χ0n) is 16.5. The van der Waals surface area contributed by atoms with Crippen LogP contribution in [0, 0.1) is 0 Å². The Labute approximate surface area is 170 Å². The molecule has 0 saturated carbocycles. The quantitative estimate of drug-likeness (QED) is 0.537. The topological polar surface area (TPSA) is 44.5 Å². The number of aromatic nitrogens is 1. The maximum Gasteiger partial charge on any atom is 0.153 e. The van der Waals surface area contributed by atoms with Crippen molar-refractivity contribution in [3.05, 3.63) is 73.0 Å². The molecule has 0 amide bonds. The fraction of sp³-hybridized carbons (Fsp3) is 0.208. The van der Waals surface area contributed by atoms with E-state index in [-0.39, 0.29) is 0 Å². The third-order valence-corrected chi connectivity index (χ3v) is 5.51. The molecule has 1 aliphatic heterocycles. The van der Waals surface area contributed by atoms with Crippen molar-refractivity contribution in [2.75, 3.05) is 43.4 Å². The molecule has 0 unspecified atom stereocenters. The number of likely N-dealkylation sites (N-methyl/N-ethyl adjacent to an activating group) is 1. The van der Waals surface area contributed by atoms with Crippen LogP contribution in [0.3, 0.4) is 0 Å². The van der Waals surface area contributed by atoms with E-state index < -0.39 is 0 Å². The molecule has 4 aromatic rings. The molecule has 0 radical (unpaired) electrons. The molecule has 1 fully saturated rings. The van der Waals surface area contributed by atoms with E-state index >= 15 is 0 Å². The number of hydrogen-bond donors (Lipinski definition) is 1. The third kappa shape index (κ3) is 3.69. The minimum absolute atomic E-state index is 0.791. The molecule has 5 nitrogen and oxygen atoms in total. The molecule has 3 heterocycles. The Morgan fingerprint density at radius 2 is 1.62 bits per heavy atom. The van der Waals surface area contributed by atoms with Crippen molar-refractivity contribution >= 4 is 28.3 Å². The second kappa shape index (κ2) is 7.60. The van der Waals surface area contributed by atoms with Crippen molar-refractivity contribution in [3.8, 4) is 11.1 Å². The molecular formula is C24H24N4O. The van der Waals surface area contributed by atoms with Gasteiger partial charge >= 0.3 is 0 Å². The van der Waals surface area contributed by atoms with E-state index in [1.165, 1.54) is 5.69 Å². The summed E-state index contributed by atoms with van der Waals surface area (Å²) in [7, 11) is 2.18.